The van der Waals surface area contributed by atoms with Crippen LogP contribution in [0.2, 0.25) is 0 Å². The Bertz CT molecular complexity index is 1360. The van der Waals surface area contributed by atoms with Gasteiger partial charge in [-0.25, -0.2) is 0 Å². The first kappa shape index (κ1) is 90.9. The highest BCUT2D eigenvalue weighted by molar-refractivity contribution is 5.76. The van der Waals surface area contributed by atoms with Crippen molar-refractivity contribution in [1.29, 1.82) is 0 Å². The van der Waals surface area contributed by atoms with Gasteiger partial charge in [-0.1, -0.05) is 476 Å². The van der Waals surface area contributed by atoms with Gasteiger partial charge in [0.25, 0.3) is 0 Å². The second-order valence-corrected chi connectivity index (χ2v) is 30.2. The number of amides is 1. The number of rotatable bonds is 83. The lowest BCUT2D eigenvalue weighted by Gasteiger charge is -2.22. The van der Waals surface area contributed by atoms with Crippen molar-refractivity contribution in [2.45, 2.75) is 527 Å². The summed E-state index contributed by atoms with van der Waals surface area (Å²) in [5, 5.41) is 23.5. The van der Waals surface area contributed by atoms with Crippen LogP contribution in [0.3, 0.4) is 0 Å². The average molecular weight is 1300 g/mol. The first-order chi connectivity index (χ1) is 45.5. The lowest BCUT2D eigenvalue weighted by molar-refractivity contribution is -0.143. The molecule has 3 N–H and O–H groups in total. The molecule has 0 saturated heterocycles. The van der Waals surface area contributed by atoms with Gasteiger partial charge in [-0.15, -0.1) is 0 Å². The molecular formula is C86H171NO5. The van der Waals surface area contributed by atoms with Crippen LogP contribution in [0, 0.1) is 0 Å². The van der Waals surface area contributed by atoms with Crippen molar-refractivity contribution < 1.29 is 24.5 Å². The summed E-state index contributed by atoms with van der Waals surface area (Å²) in [5.41, 5.74) is 0. The number of hydrogen-bond donors (Lipinski definition) is 3. The standard InChI is InChI=1S/C86H171NO5/c1-3-5-7-9-11-13-15-17-19-21-42-46-50-54-58-62-66-70-74-78-84(89)83(82-88)87-85(90)79-75-71-67-63-59-55-51-47-44-40-38-36-34-32-30-28-26-24-23-25-27-29-31-33-35-37-39-41-45-49-53-57-61-65-69-73-77-81-92-86(91)80-76-72-68-64-60-56-52-48-43-22-20-18-16-14-12-10-8-6-4-2/h83-84,88-89H,3-82H2,1-2H3,(H,87,90). The molecule has 0 aromatic carbocycles. The Morgan fingerprint density at radius 3 is 0.663 bits per heavy atom. The minimum Gasteiger partial charge on any atom is -0.466 e. The molecule has 0 aliphatic rings. The highest BCUT2D eigenvalue weighted by Gasteiger charge is 2.20. The van der Waals surface area contributed by atoms with Crippen molar-refractivity contribution in [3.8, 4) is 0 Å². The smallest absolute Gasteiger partial charge is 0.305 e. The zero-order chi connectivity index (χ0) is 66.3. The van der Waals surface area contributed by atoms with Crippen LogP contribution in [-0.2, 0) is 14.3 Å². The number of hydrogen-bond acceptors (Lipinski definition) is 5. The quantitative estimate of drug-likeness (QED) is 0.0417. The first-order valence-electron chi connectivity index (χ1n) is 43.3. The molecule has 6 nitrogen and oxygen atoms in total. The fraction of sp³-hybridized carbons (Fsp3) is 0.977. The highest BCUT2D eigenvalue weighted by Crippen LogP contribution is 2.21. The van der Waals surface area contributed by atoms with E-state index >= 15 is 0 Å². The molecule has 2 atom stereocenters. The van der Waals surface area contributed by atoms with Crippen molar-refractivity contribution in [3.05, 3.63) is 0 Å². The van der Waals surface area contributed by atoms with Gasteiger partial charge in [0.2, 0.25) is 5.91 Å². The Hall–Kier alpha value is -1.14. The maximum Gasteiger partial charge on any atom is 0.305 e. The van der Waals surface area contributed by atoms with Gasteiger partial charge in [0.1, 0.15) is 0 Å². The predicted molar refractivity (Wildman–Crippen MR) is 407 cm³/mol. The largest absolute Gasteiger partial charge is 0.466 e. The van der Waals surface area contributed by atoms with Gasteiger partial charge in [-0.05, 0) is 25.7 Å². The van der Waals surface area contributed by atoms with E-state index in [0.29, 0.717) is 25.9 Å². The Labute approximate surface area is 578 Å². The molecule has 0 saturated carbocycles. The van der Waals surface area contributed by atoms with Gasteiger partial charge in [0.15, 0.2) is 0 Å². The van der Waals surface area contributed by atoms with Crippen LogP contribution in [0.25, 0.3) is 0 Å². The van der Waals surface area contributed by atoms with Crippen LogP contribution < -0.4 is 5.32 Å². The number of aliphatic hydroxyl groups excluding tert-OH is 2. The van der Waals surface area contributed by atoms with E-state index in [1.54, 1.807) is 0 Å². The molecule has 0 radical (unpaired) electrons. The van der Waals surface area contributed by atoms with E-state index in [4.69, 9.17) is 4.74 Å². The van der Waals surface area contributed by atoms with E-state index in [-0.39, 0.29) is 18.5 Å². The van der Waals surface area contributed by atoms with Gasteiger partial charge >= 0.3 is 5.97 Å². The minimum atomic E-state index is -0.660. The van der Waals surface area contributed by atoms with Crippen molar-refractivity contribution in [1.82, 2.24) is 5.32 Å². The topological polar surface area (TPSA) is 95.9 Å². The number of carbonyl (C=O) groups excluding carboxylic acids is 2. The SMILES string of the molecule is CCCCCCCCCCCCCCCCCCCCCC(=O)OCCCCCCCCCCCCCCCCCCCCCCCCCCCCCCCCCCCCCCCC(=O)NC(CO)C(O)CCCCCCCCCCCCCCCCCCCCC. The molecule has 0 aromatic rings. The number of aliphatic hydroxyl groups is 2. The zero-order valence-electron chi connectivity index (χ0n) is 63.3. The van der Waals surface area contributed by atoms with E-state index in [9.17, 15) is 19.8 Å². The number of nitrogens with one attached hydrogen (secondary N) is 1. The molecule has 1 amide bonds. The van der Waals surface area contributed by atoms with Crippen LogP contribution >= 0.6 is 0 Å². The summed E-state index contributed by atoms with van der Waals surface area (Å²) in [7, 11) is 0. The molecule has 0 rings (SSSR count). The Morgan fingerprint density at radius 1 is 0.261 bits per heavy atom. The lowest BCUT2D eigenvalue weighted by Crippen LogP contribution is -2.45. The maximum atomic E-state index is 12.6. The molecule has 92 heavy (non-hydrogen) atoms. The van der Waals surface area contributed by atoms with E-state index in [1.165, 1.54) is 443 Å². The van der Waals surface area contributed by atoms with E-state index in [2.05, 4.69) is 19.2 Å². The molecule has 0 bridgehead atoms. The van der Waals surface area contributed by atoms with Gasteiger partial charge in [0.05, 0.1) is 25.4 Å². The fourth-order valence-electron chi connectivity index (χ4n) is 14.4. The molecule has 0 heterocycles. The van der Waals surface area contributed by atoms with Gasteiger partial charge in [0, 0.05) is 12.8 Å². The third-order valence-corrected chi connectivity index (χ3v) is 20.9. The molecule has 0 fully saturated rings. The summed E-state index contributed by atoms with van der Waals surface area (Å²) >= 11 is 0. The van der Waals surface area contributed by atoms with Crippen molar-refractivity contribution in [3.63, 3.8) is 0 Å². The minimum absolute atomic E-state index is 0.0233. The van der Waals surface area contributed by atoms with Crippen molar-refractivity contribution in [2.24, 2.45) is 0 Å². The molecule has 2 unspecified atom stereocenters. The Morgan fingerprint density at radius 2 is 0.446 bits per heavy atom. The molecule has 0 aliphatic carbocycles. The van der Waals surface area contributed by atoms with Crippen LogP contribution in [-0.4, -0.2) is 47.4 Å². The molecule has 0 aromatic heterocycles. The van der Waals surface area contributed by atoms with Crippen LogP contribution in [0.5, 0.6) is 0 Å². The van der Waals surface area contributed by atoms with Crippen LogP contribution in [0.15, 0.2) is 0 Å². The van der Waals surface area contributed by atoms with Crippen molar-refractivity contribution in [2.75, 3.05) is 13.2 Å². The van der Waals surface area contributed by atoms with Crippen LogP contribution in [0.1, 0.15) is 515 Å². The molecule has 550 valence electrons. The number of ether oxygens (including phenoxy) is 1. The molecule has 0 spiro atoms. The maximum absolute atomic E-state index is 12.6. The Kier molecular flexibility index (Phi) is 81.3. The molecule has 6 heteroatoms. The predicted octanol–water partition coefficient (Wildman–Crippen LogP) is 28.8. The van der Waals surface area contributed by atoms with Crippen molar-refractivity contribution >= 4 is 11.9 Å². The summed E-state index contributed by atoms with van der Waals surface area (Å²) in [4.78, 5) is 24.7. The van der Waals surface area contributed by atoms with Crippen LogP contribution in [0.4, 0.5) is 0 Å². The summed E-state index contributed by atoms with van der Waals surface area (Å²) in [6.07, 6.45) is 104. The fourth-order valence-corrected chi connectivity index (χ4v) is 14.4. The monoisotopic (exact) mass is 1300 g/mol. The second kappa shape index (κ2) is 82.3. The highest BCUT2D eigenvalue weighted by atomic mass is 16.5. The number of carbonyl (C=O) groups is 2. The average Bonchev–Trinajstić information content (AvgIpc) is 3.61. The second-order valence-electron chi connectivity index (χ2n) is 30.2. The third-order valence-electron chi connectivity index (χ3n) is 20.9. The molecular weight excluding hydrogens is 1130 g/mol. The summed E-state index contributed by atoms with van der Waals surface area (Å²) in [6.45, 7) is 5.03. The molecule has 0 aliphatic heterocycles. The lowest BCUT2D eigenvalue weighted by atomic mass is 10.0. The summed E-state index contributed by atoms with van der Waals surface area (Å²) in [6, 6.07) is -0.537. The normalized spacial score (nSPS) is 12.3. The summed E-state index contributed by atoms with van der Waals surface area (Å²) in [5.74, 6) is 0.00663. The third kappa shape index (κ3) is 77.9. The van der Waals surface area contributed by atoms with E-state index in [1.807, 2.05) is 0 Å². The number of unbranched alkanes of at least 4 members (excludes halogenated alkanes) is 72. The van der Waals surface area contributed by atoms with E-state index < -0.39 is 12.1 Å². The number of esters is 1. The van der Waals surface area contributed by atoms with E-state index in [0.717, 1.165) is 38.5 Å². The summed E-state index contributed by atoms with van der Waals surface area (Å²) < 4.78 is 5.53. The van der Waals surface area contributed by atoms with Gasteiger partial charge in [-0.2, -0.15) is 0 Å². The van der Waals surface area contributed by atoms with Gasteiger partial charge in [-0.3, -0.25) is 9.59 Å². The zero-order valence-corrected chi connectivity index (χ0v) is 63.3. The van der Waals surface area contributed by atoms with Gasteiger partial charge < -0.3 is 20.3 Å². The Balaban J connectivity index is 3.28. The first-order valence-corrected chi connectivity index (χ1v) is 43.3.